The van der Waals surface area contributed by atoms with Crippen LogP contribution in [0.2, 0.25) is 0 Å². The fraction of sp³-hybridized carbons (Fsp3) is 0.133. The first-order valence-corrected chi connectivity index (χ1v) is 6.06. The number of nitrogens with zero attached hydrogens (tertiary/aromatic N) is 3. The van der Waals surface area contributed by atoms with E-state index in [4.69, 9.17) is 0 Å². The second kappa shape index (κ2) is 4.74. The molecular weight excluding hydrogens is 238 g/mol. The zero-order valence-corrected chi connectivity index (χ0v) is 10.5. The molecule has 3 aromatic rings. The van der Waals surface area contributed by atoms with Crippen molar-refractivity contribution in [3.63, 3.8) is 0 Å². The average Bonchev–Trinajstić information content (AvgIpc) is 2.47. The highest BCUT2D eigenvalue weighted by molar-refractivity contribution is 5.73. The third-order valence-electron chi connectivity index (χ3n) is 3.00. The number of aromatic nitrogens is 3. The van der Waals surface area contributed by atoms with Gasteiger partial charge in [-0.05, 0) is 25.1 Å². The number of aryl methyl sites for hydroxylation is 1. The largest absolute Gasteiger partial charge is 0.382 e. The summed E-state index contributed by atoms with van der Waals surface area (Å²) in [5.41, 5.74) is 3.76. The smallest absolute Gasteiger partial charge is 0.124 e. The van der Waals surface area contributed by atoms with Crippen molar-refractivity contribution in [3.05, 3.63) is 65.7 Å². The van der Waals surface area contributed by atoms with E-state index in [9.17, 15) is 5.11 Å². The highest BCUT2D eigenvalue weighted by Gasteiger charge is 2.13. The third kappa shape index (κ3) is 2.30. The van der Waals surface area contributed by atoms with Crippen LogP contribution < -0.4 is 0 Å². The summed E-state index contributed by atoms with van der Waals surface area (Å²) in [4.78, 5) is 12.9. The van der Waals surface area contributed by atoms with Gasteiger partial charge in [0.1, 0.15) is 6.10 Å². The zero-order valence-electron chi connectivity index (χ0n) is 10.5. The summed E-state index contributed by atoms with van der Waals surface area (Å²) in [6, 6.07) is 11.3. The van der Waals surface area contributed by atoms with Gasteiger partial charge in [0.25, 0.3) is 0 Å². The Morgan fingerprint density at radius 3 is 2.47 bits per heavy atom. The number of aliphatic hydroxyl groups is 1. The molecule has 3 rings (SSSR count). The molecule has 19 heavy (non-hydrogen) atoms. The molecule has 1 N–H and O–H groups in total. The van der Waals surface area contributed by atoms with E-state index in [1.54, 1.807) is 12.4 Å². The van der Waals surface area contributed by atoms with Crippen LogP contribution in [-0.4, -0.2) is 20.1 Å². The van der Waals surface area contributed by atoms with Crippen LogP contribution >= 0.6 is 0 Å². The van der Waals surface area contributed by atoms with E-state index in [2.05, 4.69) is 15.0 Å². The molecule has 0 saturated carbocycles. The SMILES string of the molecule is Cc1ccc(C(O)c2cnc3ccccc3n2)cn1. The van der Waals surface area contributed by atoms with Gasteiger partial charge in [0.05, 0.1) is 22.9 Å². The van der Waals surface area contributed by atoms with Gasteiger partial charge in [-0.3, -0.25) is 9.97 Å². The van der Waals surface area contributed by atoms with Gasteiger partial charge in [0.2, 0.25) is 0 Å². The maximum Gasteiger partial charge on any atom is 0.124 e. The van der Waals surface area contributed by atoms with E-state index >= 15 is 0 Å². The van der Waals surface area contributed by atoms with E-state index in [1.807, 2.05) is 43.3 Å². The molecule has 1 unspecified atom stereocenters. The first kappa shape index (κ1) is 11.7. The molecule has 0 fully saturated rings. The Labute approximate surface area is 110 Å². The lowest BCUT2D eigenvalue weighted by Crippen LogP contribution is -2.04. The minimum Gasteiger partial charge on any atom is -0.382 e. The number of aliphatic hydroxyl groups excluding tert-OH is 1. The van der Waals surface area contributed by atoms with Crippen LogP contribution in [0.5, 0.6) is 0 Å². The van der Waals surface area contributed by atoms with Gasteiger partial charge in [0, 0.05) is 17.5 Å². The van der Waals surface area contributed by atoms with Crippen LogP contribution in [0, 0.1) is 6.92 Å². The van der Waals surface area contributed by atoms with Gasteiger partial charge in [0.15, 0.2) is 0 Å². The van der Waals surface area contributed by atoms with Crippen LogP contribution in [-0.2, 0) is 0 Å². The lowest BCUT2D eigenvalue weighted by atomic mass is 10.1. The molecule has 0 aliphatic rings. The van der Waals surface area contributed by atoms with Crippen molar-refractivity contribution in [3.8, 4) is 0 Å². The Morgan fingerprint density at radius 1 is 0.947 bits per heavy atom. The predicted molar refractivity (Wildman–Crippen MR) is 72.6 cm³/mol. The van der Waals surface area contributed by atoms with E-state index in [1.165, 1.54) is 0 Å². The molecule has 94 valence electrons. The number of rotatable bonds is 2. The lowest BCUT2D eigenvalue weighted by molar-refractivity contribution is 0.215. The van der Waals surface area contributed by atoms with Crippen LogP contribution in [0.1, 0.15) is 23.1 Å². The summed E-state index contributed by atoms with van der Waals surface area (Å²) in [5, 5.41) is 10.3. The van der Waals surface area contributed by atoms with Crippen LogP contribution in [0.25, 0.3) is 11.0 Å². The molecule has 4 nitrogen and oxygen atoms in total. The first-order chi connectivity index (χ1) is 9.24. The maximum atomic E-state index is 10.3. The van der Waals surface area contributed by atoms with E-state index in [0.717, 1.165) is 22.3 Å². The fourth-order valence-corrected chi connectivity index (χ4v) is 1.92. The second-order valence-electron chi connectivity index (χ2n) is 4.42. The van der Waals surface area contributed by atoms with E-state index in [0.29, 0.717) is 5.69 Å². The van der Waals surface area contributed by atoms with Crippen molar-refractivity contribution in [2.45, 2.75) is 13.0 Å². The number of hydrogen-bond donors (Lipinski definition) is 1. The molecule has 0 aliphatic carbocycles. The number of para-hydroxylation sites is 2. The summed E-state index contributed by atoms with van der Waals surface area (Å²) in [5.74, 6) is 0. The number of fused-ring (bicyclic) bond motifs is 1. The van der Waals surface area contributed by atoms with Gasteiger partial charge >= 0.3 is 0 Å². The van der Waals surface area contributed by atoms with Gasteiger partial charge < -0.3 is 5.11 Å². The van der Waals surface area contributed by atoms with Gasteiger partial charge in [-0.15, -0.1) is 0 Å². The molecule has 4 heteroatoms. The number of pyridine rings is 1. The Balaban J connectivity index is 2.01. The van der Waals surface area contributed by atoms with Crippen molar-refractivity contribution in [2.24, 2.45) is 0 Å². The van der Waals surface area contributed by atoms with Crippen molar-refractivity contribution < 1.29 is 5.11 Å². The summed E-state index contributed by atoms with van der Waals surface area (Å²) in [7, 11) is 0. The summed E-state index contributed by atoms with van der Waals surface area (Å²) >= 11 is 0. The standard InChI is InChI=1S/C15H13N3O/c1-10-6-7-11(8-16-10)15(19)14-9-17-12-4-2-3-5-13(12)18-14/h2-9,15,19H,1H3. The number of benzene rings is 1. The van der Waals surface area contributed by atoms with Gasteiger partial charge in [-0.25, -0.2) is 4.98 Å². The number of hydrogen-bond acceptors (Lipinski definition) is 4. The Hall–Kier alpha value is -2.33. The van der Waals surface area contributed by atoms with Gasteiger partial charge in [-0.2, -0.15) is 0 Å². The first-order valence-electron chi connectivity index (χ1n) is 6.06. The Kier molecular flexibility index (Phi) is 2.93. The minimum atomic E-state index is -0.801. The quantitative estimate of drug-likeness (QED) is 0.760. The highest BCUT2D eigenvalue weighted by atomic mass is 16.3. The third-order valence-corrected chi connectivity index (χ3v) is 3.00. The molecule has 0 radical (unpaired) electrons. The highest BCUT2D eigenvalue weighted by Crippen LogP contribution is 2.20. The monoisotopic (exact) mass is 251 g/mol. The zero-order chi connectivity index (χ0) is 13.2. The molecule has 0 amide bonds. The van der Waals surface area contributed by atoms with Crippen molar-refractivity contribution in [2.75, 3.05) is 0 Å². The average molecular weight is 251 g/mol. The molecule has 1 atom stereocenters. The summed E-state index contributed by atoms with van der Waals surface area (Å²) < 4.78 is 0. The minimum absolute atomic E-state index is 0.532. The molecule has 0 spiro atoms. The Bertz CT molecular complexity index is 710. The molecule has 0 aliphatic heterocycles. The molecule has 2 aromatic heterocycles. The Morgan fingerprint density at radius 2 is 1.74 bits per heavy atom. The van der Waals surface area contributed by atoms with Crippen LogP contribution in [0.4, 0.5) is 0 Å². The molecule has 0 bridgehead atoms. The molecule has 1 aromatic carbocycles. The van der Waals surface area contributed by atoms with Crippen LogP contribution in [0.15, 0.2) is 48.8 Å². The lowest BCUT2D eigenvalue weighted by Gasteiger charge is -2.10. The van der Waals surface area contributed by atoms with Crippen LogP contribution in [0.3, 0.4) is 0 Å². The maximum absolute atomic E-state index is 10.3. The fourth-order valence-electron chi connectivity index (χ4n) is 1.92. The van der Waals surface area contributed by atoms with E-state index < -0.39 is 6.10 Å². The normalized spacial score (nSPS) is 12.5. The van der Waals surface area contributed by atoms with Gasteiger partial charge in [-0.1, -0.05) is 18.2 Å². The summed E-state index contributed by atoms with van der Waals surface area (Å²) in [6.45, 7) is 1.91. The summed E-state index contributed by atoms with van der Waals surface area (Å²) in [6.07, 6.45) is 2.47. The van der Waals surface area contributed by atoms with Crippen molar-refractivity contribution in [1.29, 1.82) is 0 Å². The molecule has 0 saturated heterocycles. The van der Waals surface area contributed by atoms with Crippen molar-refractivity contribution in [1.82, 2.24) is 15.0 Å². The van der Waals surface area contributed by atoms with E-state index in [-0.39, 0.29) is 0 Å². The van der Waals surface area contributed by atoms with Crippen molar-refractivity contribution >= 4 is 11.0 Å². The predicted octanol–water partition coefficient (Wildman–Crippen LogP) is 2.41. The molecular formula is C15H13N3O. The molecule has 2 heterocycles. The second-order valence-corrected chi connectivity index (χ2v) is 4.42. The topological polar surface area (TPSA) is 58.9 Å².